The summed E-state index contributed by atoms with van der Waals surface area (Å²) in [6, 6.07) is 23.0. The van der Waals surface area contributed by atoms with Crippen molar-refractivity contribution in [3.63, 3.8) is 0 Å². The van der Waals surface area contributed by atoms with Crippen LogP contribution in [0.2, 0.25) is 0 Å². The molecule has 28 heavy (non-hydrogen) atoms. The van der Waals surface area contributed by atoms with Gasteiger partial charge >= 0.3 is 0 Å². The number of rotatable bonds is 9. The summed E-state index contributed by atoms with van der Waals surface area (Å²) in [4.78, 5) is 0. The summed E-state index contributed by atoms with van der Waals surface area (Å²) in [5.74, 6) is 1.06. The summed E-state index contributed by atoms with van der Waals surface area (Å²) in [6.07, 6.45) is 0. The first-order valence-electron chi connectivity index (χ1n) is 9.58. The molecule has 3 rings (SSSR count). The van der Waals surface area contributed by atoms with Crippen LogP contribution in [0.5, 0.6) is 11.5 Å². The molecule has 0 aliphatic heterocycles. The third-order valence-electron chi connectivity index (χ3n) is 4.59. The fourth-order valence-corrected chi connectivity index (χ4v) is 3.02. The minimum absolute atomic E-state index is 0.151. The fraction of sp³-hybridized carbons (Fsp3) is 0.250. The Kier molecular flexibility index (Phi) is 7.04. The minimum Gasteiger partial charge on any atom is -0.490 e. The Balaban J connectivity index is 1.76. The maximum absolute atomic E-state index is 14.0. The second-order valence-electron chi connectivity index (χ2n) is 6.57. The predicted octanol–water partition coefficient (Wildman–Crippen LogP) is 5.65. The lowest BCUT2D eigenvalue weighted by atomic mass is 10.1. The normalized spacial score (nSPS) is 11.8. The average molecular weight is 379 g/mol. The van der Waals surface area contributed by atoms with Crippen molar-refractivity contribution in [3.05, 3.63) is 95.3 Å². The summed E-state index contributed by atoms with van der Waals surface area (Å²) in [6.45, 7) is 5.36. The third-order valence-corrected chi connectivity index (χ3v) is 4.59. The van der Waals surface area contributed by atoms with Crippen LogP contribution in [0.4, 0.5) is 4.39 Å². The Labute approximate surface area is 166 Å². The van der Waals surface area contributed by atoms with Crippen molar-refractivity contribution in [3.8, 4) is 11.5 Å². The zero-order chi connectivity index (χ0) is 19.8. The van der Waals surface area contributed by atoms with Crippen LogP contribution < -0.4 is 14.8 Å². The molecule has 1 N–H and O–H groups in total. The number of para-hydroxylation sites is 1. The molecule has 0 aliphatic carbocycles. The highest BCUT2D eigenvalue weighted by molar-refractivity contribution is 5.47. The fourth-order valence-electron chi connectivity index (χ4n) is 3.02. The molecule has 1 atom stereocenters. The zero-order valence-corrected chi connectivity index (χ0v) is 16.3. The molecule has 3 aromatic rings. The van der Waals surface area contributed by atoms with E-state index in [1.54, 1.807) is 18.2 Å². The highest BCUT2D eigenvalue weighted by Crippen LogP contribution is 2.32. The van der Waals surface area contributed by atoms with Gasteiger partial charge in [-0.15, -0.1) is 0 Å². The topological polar surface area (TPSA) is 30.5 Å². The molecule has 3 nitrogen and oxygen atoms in total. The summed E-state index contributed by atoms with van der Waals surface area (Å²) >= 11 is 0. The summed E-state index contributed by atoms with van der Waals surface area (Å²) in [5.41, 5.74) is 2.72. The van der Waals surface area contributed by atoms with Gasteiger partial charge in [0.1, 0.15) is 12.4 Å². The van der Waals surface area contributed by atoms with E-state index in [-0.39, 0.29) is 18.5 Å². The van der Waals surface area contributed by atoms with Gasteiger partial charge in [0, 0.05) is 23.7 Å². The van der Waals surface area contributed by atoms with E-state index in [1.807, 2.05) is 43.3 Å². The van der Waals surface area contributed by atoms with Gasteiger partial charge in [-0.2, -0.15) is 0 Å². The Morgan fingerprint density at radius 3 is 2.32 bits per heavy atom. The van der Waals surface area contributed by atoms with Gasteiger partial charge in [0.15, 0.2) is 11.5 Å². The van der Waals surface area contributed by atoms with Crippen LogP contribution in [0.15, 0.2) is 72.8 Å². The monoisotopic (exact) mass is 379 g/mol. The molecule has 0 fully saturated rings. The number of ether oxygens (including phenoxy) is 2. The van der Waals surface area contributed by atoms with E-state index in [0.29, 0.717) is 30.2 Å². The highest BCUT2D eigenvalue weighted by atomic mass is 19.1. The molecule has 0 spiro atoms. The van der Waals surface area contributed by atoms with Gasteiger partial charge in [-0.05, 0) is 31.5 Å². The molecule has 0 aliphatic rings. The number of hydrogen-bond donors (Lipinski definition) is 1. The highest BCUT2D eigenvalue weighted by Gasteiger charge is 2.14. The molecule has 0 bridgehead atoms. The quantitative estimate of drug-likeness (QED) is 0.521. The van der Waals surface area contributed by atoms with Crippen molar-refractivity contribution in [2.45, 2.75) is 33.0 Å². The maximum Gasteiger partial charge on any atom is 0.166 e. The Morgan fingerprint density at radius 2 is 1.57 bits per heavy atom. The van der Waals surface area contributed by atoms with E-state index in [2.05, 4.69) is 24.4 Å². The van der Waals surface area contributed by atoms with Crippen molar-refractivity contribution < 1.29 is 13.9 Å². The van der Waals surface area contributed by atoms with Gasteiger partial charge in [0.2, 0.25) is 0 Å². The molecule has 4 heteroatoms. The van der Waals surface area contributed by atoms with Crippen molar-refractivity contribution in [1.82, 2.24) is 5.32 Å². The molecule has 0 radical (unpaired) electrons. The lowest BCUT2D eigenvalue weighted by molar-refractivity contribution is 0.262. The van der Waals surface area contributed by atoms with Crippen LogP contribution in [0.25, 0.3) is 0 Å². The van der Waals surface area contributed by atoms with Crippen LogP contribution in [0.3, 0.4) is 0 Å². The van der Waals surface area contributed by atoms with Crippen molar-refractivity contribution >= 4 is 0 Å². The summed E-state index contributed by atoms with van der Waals surface area (Å²) in [5, 5.41) is 3.52. The number of benzene rings is 3. The van der Waals surface area contributed by atoms with Crippen molar-refractivity contribution in [2.24, 2.45) is 0 Å². The largest absolute Gasteiger partial charge is 0.490 e. The molecule has 0 saturated carbocycles. The van der Waals surface area contributed by atoms with Gasteiger partial charge in [-0.3, -0.25) is 0 Å². The molecule has 0 aromatic heterocycles. The Morgan fingerprint density at radius 1 is 0.857 bits per heavy atom. The molecule has 0 heterocycles. The van der Waals surface area contributed by atoms with E-state index < -0.39 is 0 Å². The van der Waals surface area contributed by atoms with E-state index in [0.717, 1.165) is 5.56 Å². The van der Waals surface area contributed by atoms with E-state index in [4.69, 9.17) is 9.47 Å². The molecular weight excluding hydrogens is 353 g/mol. The molecule has 0 amide bonds. The minimum atomic E-state index is -0.270. The number of nitrogens with one attached hydrogen (secondary N) is 1. The molecule has 3 aromatic carbocycles. The zero-order valence-electron chi connectivity index (χ0n) is 16.3. The summed E-state index contributed by atoms with van der Waals surface area (Å²) < 4.78 is 25.7. The lowest BCUT2D eigenvalue weighted by Gasteiger charge is -2.19. The third kappa shape index (κ3) is 5.11. The first kappa shape index (κ1) is 19.9. The van der Waals surface area contributed by atoms with Crippen molar-refractivity contribution in [2.75, 3.05) is 6.61 Å². The molecule has 146 valence electrons. The van der Waals surface area contributed by atoms with Crippen LogP contribution in [-0.4, -0.2) is 6.61 Å². The van der Waals surface area contributed by atoms with E-state index in [1.165, 1.54) is 11.6 Å². The van der Waals surface area contributed by atoms with Gasteiger partial charge < -0.3 is 14.8 Å². The molecule has 1 unspecified atom stereocenters. The molecule has 0 saturated heterocycles. The second kappa shape index (κ2) is 9.90. The Bertz CT molecular complexity index is 883. The number of halogens is 1. The molecular formula is C24H26FNO2. The Hall–Kier alpha value is -2.85. The average Bonchev–Trinajstić information content (AvgIpc) is 2.73. The van der Waals surface area contributed by atoms with E-state index in [9.17, 15) is 4.39 Å². The van der Waals surface area contributed by atoms with Gasteiger partial charge in [0.25, 0.3) is 0 Å². The van der Waals surface area contributed by atoms with Crippen molar-refractivity contribution in [1.29, 1.82) is 0 Å². The van der Waals surface area contributed by atoms with Gasteiger partial charge in [-0.1, -0.05) is 60.7 Å². The predicted molar refractivity (Wildman–Crippen MR) is 110 cm³/mol. The second-order valence-corrected chi connectivity index (χ2v) is 6.57. The SMILES string of the molecule is CCOc1cccc(CNC(C)c2ccccc2)c1OCc1ccccc1F. The van der Waals surface area contributed by atoms with Crippen LogP contribution in [-0.2, 0) is 13.2 Å². The van der Waals surface area contributed by atoms with Gasteiger partial charge in [-0.25, -0.2) is 4.39 Å². The lowest BCUT2D eigenvalue weighted by Crippen LogP contribution is -2.18. The first-order chi connectivity index (χ1) is 13.7. The van der Waals surface area contributed by atoms with Gasteiger partial charge in [0.05, 0.1) is 6.61 Å². The number of hydrogen-bond acceptors (Lipinski definition) is 3. The first-order valence-corrected chi connectivity index (χ1v) is 9.58. The summed E-state index contributed by atoms with van der Waals surface area (Å²) in [7, 11) is 0. The smallest absolute Gasteiger partial charge is 0.166 e. The van der Waals surface area contributed by atoms with E-state index >= 15 is 0 Å². The standard InChI is InChI=1S/C24H26FNO2/c1-3-27-23-15-9-13-20(16-26-18(2)19-10-5-4-6-11-19)24(23)28-17-21-12-7-8-14-22(21)25/h4-15,18,26H,3,16-17H2,1-2H3. The maximum atomic E-state index is 14.0. The van der Waals surface area contributed by atoms with Crippen LogP contribution in [0.1, 0.15) is 36.6 Å². The van der Waals surface area contributed by atoms with Crippen LogP contribution >= 0.6 is 0 Å². The van der Waals surface area contributed by atoms with Crippen LogP contribution in [0, 0.1) is 5.82 Å².